The van der Waals surface area contributed by atoms with E-state index in [1.807, 2.05) is 30.0 Å². The van der Waals surface area contributed by atoms with E-state index in [4.69, 9.17) is 5.73 Å². The van der Waals surface area contributed by atoms with Gasteiger partial charge >= 0.3 is 0 Å². The van der Waals surface area contributed by atoms with E-state index in [1.165, 1.54) is 5.56 Å². The lowest BCUT2D eigenvalue weighted by Crippen LogP contribution is -2.58. The maximum Gasteiger partial charge on any atom is 0.237 e. The zero-order chi connectivity index (χ0) is 13.0. The Labute approximate surface area is 108 Å². The van der Waals surface area contributed by atoms with Gasteiger partial charge in [-0.1, -0.05) is 30.3 Å². The van der Waals surface area contributed by atoms with Crippen molar-refractivity contribution in [2.75, 3.05) is 26.2 Å². The molecule has 0 saturated carbocycles. The quantitative estimate of drug-likeness (QED) is 0.832. The van der Waals surface area contributed by atoms with Gasteiger partial charge in [0.15, 0.2) is 0 Å². The summed E-state index contributed by atoms with van der Waals surface area (Å²) in [4.78, 5) is 16.1. The van der Waals surface area contributed by atoms with Crippen molar-refractivity contribution in [3.63, 3.8) is 0 Å². The van der Waals surface area contributed by atoms with Crippen molar-refractivity contribution in [2.24, 2.45) is 5.73 Å². The van der Waals surface area contributed by atoms with Gasteiger partial charge in [0.2, 0.25) is 5.91 Å². The van der Waals surface area contributed by atoms with E-state index in [2.05, 4.69) is 17.0 Å². The molecule has 1 aromatic rings. The number of likely N-dealkylation sites (N-methyl/N-ethyl adjacent to an activating group) is 1. The van der Waals surface area contributed by atoms with Gasteiger partial charge in [-0.3, -0.25) is 9.69 Å². The number of hydrogen-bond donors (Lipinski definition) is 1. The molecule has 0 spiro atoms. The SMILES string of the molecule is CCN(Cc1ccccc1)C(=O)CN1CC(N)C1. The van der Waals surface area contributed by atoms with Crippen LogP contribution in [0.2, 0.25) is 0 Å². The third kappa shape index (κ3) is 3.31. The van der Waals surface area contributed by atoms with E-state index in [-0.39, 0.29) is 11.9 Å². The summed E-state index contributed by atoms with van der Waals surface area (Å²) in [6.07, 6.45) is 0. The van der Waals surface area contributed by atoms with E-state index >= 15 is 0 Å². The molecule has 98 valence electrons. The van der Waals surface area contributed by atoms with Crippen LogP contribution in [0.1, 0.15) is 12.5 Å². The zero-order valence-corrected chi connectivity index (χ0v) is 10.9. The Kier molecular flexibility index (Phi) is 4.33. The Balaban J connectivity index is 1.86. The lowest BCUT2D eigenvalue weighted by molar-refractivity contribution is -0.133. The number of amides is 1. The summed E-state index contributed by atoms with van der Waals surface area (Å²) in [5.41, 5.74) is 6.88. The van der Waals surface area contributed by atoms with Gasteiger partial charge in [0.05, 0.1) is 6.54 Å². The van der Waals surface area contributed by atoms with Crippen LogP contribution in [0.15, 0.2) is 30.3 Å². The van der Waals surface area contributed by atoms with Gasteiger partial charge in [0.1, 0.15) is 0 Å². The molecule has 4 heteroatoms. The number of hydrogen-bond acceptors (Lipinski definition) is 3. The number of likely N-dealkylation sites (tertiary alicyclic amines) is 1. The molecule has 0 aliphatic carbocycles. The molecule has 1 aliphatic rings. The van der Waals surface area contributed by atoms with Crippen LogP contribution >= 0.6 is 0 Å². The van der Waals surface area contributed by atoms with Crippen molar-refractivity contribution in [1.29, 1.82) is 0 Å². The van der Waals surface area contributed by atoms with E-state index in [9.17, 15) is 4.79 Å². The van der Waals surface area contributed by atoms with Crippen molar-refractivity contribution in [3.8, 4) is 0 Å². The zero-order valence-electron chi connectivity index (χ0n) is 10.9. The largest absolute Gasteiger partial charge is 0.338 e. The molecule has 0 bridgehead atoms. The van der Waals surface area contributed by atoms with Crippen LogP contribution < -0.4 is 5.73 Å². The van der Waals surface area contributed by atoms with Crippen molar-refractivity contribution < 1.29 is 4.79 Å². The van der Waals surface area contributed by atoms with Gasteiger partial charge in [-0.15, -0.1) is 0 Å². The number of carbonyl (C=O) groups excluding carboxylic acids is 1. The minimum Gasteiger partial charge on any atom is -0.338 e. The fourth-order valence-corrected chi connectivity index (χ4v) is 2.21. The lowest BCUT2D eigenvalue weighted by atomic mass is 10.1. The first kappa shape index (κ1) is 13.1. The predicted octanol–water partition coefficient (Wildman–Crippen LogP) is 0.678. The van der Waals surface area contributed by atoms with Crippen molar-refractivity contribution >= 4 is 5.91 Å². The average molecular weight is 247 g/mol. The Bertz CT molecular complexity index is 387. The lowest BCUT2D eigenvalue weighted by Gasteiger charge is -2.37. The van der Waals surface area contributed by atoms with Gasteiger partial charge < -0.3 is 10.6 Å². The van der Waals surface area contributed by atoms with E-state index < -0.39 is 0 Å². The average Bonchev–Trinajstić information content (AvgIpc) is 2.35. The minimum atomic E-state index is 0.188. The molecule has 1 heterocycles. The van der Waals surface area contributed by atoms with Crippen LogP contribution in [-0.2, 0) is 11.3 Å². The van der Waals surface area contributed by atoms with Gasteiger partial charge in [-0.25, -0.2) is 0 Å². The van der Waals surface area contributed by atoms with Gasteiger partial charge in [-0.05, 0) is 12.5 Å². The molecule has 0 atom stereocenters. The topological polar surface area (TPSA) is 49.6 Å². The van der Waals surface area contributed by atoms with Crippen molar-refractivity contribution in [3.05, 3.63) is 35.9 Å². The Morgan fingerprint density at radius 2 is 2.06 bits per heavy atom. The smallest absolute Gasteiger partial charge is 0.237 e. The summed E-state index contributed by atoms with van der Waals surface area (Å²) in [7, 11) is 0. The summed E-state index contributed by atoms with van der Waals surface area (Å²) >= 11 is 0. The predicted molar refractivity (Wildman–Crippen MR) is 71.9 cm³/mol. The van der Waals surface area contributed by atoms with Crippen LogP contribution in [0.5, 0.6) is 0 Å². The van der Waals surface area contributed by atoms with E-state index in [0.29, 0.717) is 13.1 Å². The molecule has 0 aromatic heterocycles. The highest BCUT2D eigenvalue weighted by Crippen LogP contribution is 2.08. The summed E-state index contributed by atoms with van der Waals surface area (Å²) in [5, 5.41) is 0. The van der Waals surface area contributed by atoms with E-state index in [0.717, 1.165) is 19.6 Å². The molecule has 1 amide bonds. The van der Waals surface area contributed by atoms with Gasteiger partial charge in [0, 0.05) is 32.2 Å². The molecule has 1 saturated heterocycles. The molecule has 2 N–H and O–H groups in total. The number of nitrogens with two attached hydrogens (primary N) is 1. The van der Waals surface area contributed by atoms with Gasteiger partial charge in [0.25, 0.3) is 0 Å². The highest BCUT2D eigenvalue weighted by atomic mass is 16.2. The van der Waals surface area contributed by atoms with Crippen molar-refractivity contribution in [1.82, 2.24) is 9.80 Å². The molecular formula is C14H21N3O. The Hall–Kier alpha value is -1.39. The normalized spacial score (nSPS) is 16.3. The molecule has 1 aromatic carbocycles. The third-order valence-electron chi connectivity index (χ3n) is 3.29. The fraction of sp³-hybridized carbons (Fsp3) is 0.500. The first-order valence-corrected chi connectivity index (χ1v) is 6.48. The number of carbonyl (C=O) groups is 1. The van der Waals surface area contributed by atoms with Crippen LogP contribution in [0.25, 0.3) is 0 Å². The van der Waals surface area contributed by atoms with Gasteiger partial charge in [-0.2, -0.15) is 0 Å². The summed E-state index contributed by atoms with van der Waals surface area (Å²) in [6.45, 7) is 5.63. The molecule has 2 rings (SSSR count). The fourth-order valence-electron chi connectivity index (χ4n) is 2.21. The second kappa shape index (κ2) is 5.98. The van der Waals surface area contributed by atoms with Crippen LogP contribution in [-0.4, -0.2) is 47.9 Å². The minimum absolute atomic E-state index is 0.188. The number of rotatable bonds is 5. The first-order valence-electron chi connectivity index (χ1n) is 6.48. The van der Waals surface area contributed by atoms with Crippen molar-refractivity contribution in [2.45, 2.75) is 19.5 Å². The summed E-state index contributed by atoms with van der Waals surface area (Å²) < 4.78 is 0. The second-order valence-electron chi connectivity index (χ2n) is 4.85. The number of benzene rings is 1. The van der Waals surface area contributed by atoms with E-state index in [1.54, 1.807) is 0 Å². The summed E-state index contributed by atoms with van der Waals surface area (Å²) in [5.74, 6) is 0.188. The molecular weight excluding hydrogens is 226 g/mol. The number of nitrogens with zero attached hydrogens (tertiary/aromatic N) is 2. The summed E-state index contributed by atoms with van der Waals surface area (Å²) in [6, 6.07) is 10.3. The van der Waals surface area contributed by atoms with Crippen LogP contribution in [0, 0.1) is 0 Å². The van der Waals surface area contributed by atoms with Crippen LogP contribution in [0.4, 0.5) is 0 Å². The molecule has 1 aliphatic heterocycles. The highest BCUT2D eigenvalue weighted by Gasteiger charge is 2.26. The molecule has 18 heavy (non-hydrogen) atoms. The Morgan fingerprint density at radius 1 is 1.39 bits per heavy atom. The maximum atomic E-state index is 12.1. The first-order chi connectivity index (χ1) is 8.69. The third-order valence-corrected chi connectivity index (χ3v) is 3.29. The maximum absolute atomic E-state index is 12.1. The molecule has 1 fully saturated rings. The molecule has 4 nitrogen and oxygen atoms in total. The highest BCUT2D eigenvalue weighted by molar-refractivity contribution is 5.78. The molecule has 0 radical (unpaired) electrons. The standard InChI is InChI=1S/C14H21N3O/c1-2-17(8-12-6-4-3-5-7-12)14(18)11-16-9-13(15)10-16/h3-7,13H,2,8-11,15H2,1H3. The monoisotopic (exact) mass is 247 g/mol. The molecule has 0 unspecified atom stereocenters. The Morgan fingerprint density at radius 3 is 2.61 bits per heavy atom. The second-order valence-corrected chi connectivity index (χ2v) is 4.85. The van der Waals surface area contributed by atoms with Crippen LogP contribution in [0.3, 0.4) is 0 Å².